The standard InChI is InChI=1S/C16H14O5/c17-9-13-1-5-15(6-2-13)20-11-19-12-21-16-7-3-14(10-18)4-8-16/h1-10H,11-12H2. The second-order valence-corrected chi connectivity index (χ2v) is 4.10. The van der Waals surface area contributed by atoms with Crippen molar-refractivity contribution >= 4 is 12.6 Å². The molecule has 0 heterocycles. The van der Waals surface area contributed by atoms with Gasteiger partial charge < -0.3 is 14.2 Å². The van der Waals surface area contributed by atoms with Gasteiger partial charge in [-0.2, -0.15) is 0 Å². The third-order valence-electron chi connectivity index (χ3n) is 2.65. The lowest BCUT2D eigenvalue weighted by atomic mass is 10.2. The third-order valence-corrected chi connectivity index (χ3v) is 2.65. The van der Waals surface area contributed by atoms with Gasteiger partial charge in [0, 0.05) is 11.1 Å². The lowest BCUT2D eigenvalue weighted by molar-refractivity contribution is -0.0536. The van der Waals surface area contributed by atoms with Crippen LogP contribution in [0.3, 0.4) is 0 Å². The van der Waals surface area contributed by atoms with Crippen LogP contribution in [-0.2, 0) is 4.74 Å². The first-order chi connectivity index (χ1) is 10.3. The van der Waals surface area contributed by atoms with Gasteiger partial charge in [0.25, 0.3) is 0 Å². The summed E-state index contributed by atoms with van der Waals surface area (Å²) >= 11 is 0. The molecule has 0 saturated heterocycles. The number of benzene rings is 2. The maximum Gasteiger partial charge on any atom is 0.192 e. The van der Waals surface area contributed by atoms with Crippen LogP contribution >= 0.6 is 0 Å². The number of carbonyl (C=O) groups excluding carboxylic acids is 2. The summed E-state index contributed by atoms with van der Waals surface area (Å²) < 4.78 is 15.8. The maximum atomic E-state index is 10.5. The van der Waals surface area contributed by atoms with Gasteiger partial charge in [-0.05, 0) is 48.5 Å². The van der Waals surface area contributed by atoms with E-state index in [0.717, 1.165) is 12.6 Å². The van der Waals surface area contributed by atoms with E-state index in [-0.39, 0.29) is 13.6 Å². The fraction of sp³-hybridized carbons (Fsp3) is 0.125. The summed E-state index contributed by atoms with van der Waals surface area (Å²) in [4.78, 5) is 21.0. The van der Waals surface area contributed by atoms with Gasteiger partial charge in [-0.1, -0.05) is 0 Å². The first-order valence-electron chi connectivity index (χ1n) is 6.25. The zero-order valence-electron chi connectivity index (χ0n) is 11.2. The zero-order chi connectivity index (χ0) is 14.9. The highest BCUT2D eigenvalue weighted by Crippen LogP contribution is 2.12. The minimum Gasteiger partial charge on any atom is -0.467 e. The number of hydrogen-bond donors (Lipinski definition) is 0. The highest BCUT2D eigenvalue weighted by molar-refractivity contribution is 5.75. The van der Waals surface area contributed by atoms with E-state index < -0.39 is 0 Å². The van der Waals surface area contributed by atoms with E-state index in [2.05, 4.69) is 0 Å². The third kappa shape index (κ3) is 4.74. The molecule has 2 aromatic rings. The normalized spacial score (nSPS) is 9.90. The van der Waals surface area contributed by atoms with Crippen LogP contribution in [0.4, 0.5) is 0 Å². The highest BCUT2D eigenvalue weighted by atomic mass is 16.7. The molecule has 0 radical (unpaired) electrons. The average molecular weight is 286 g/mol. The molecule has 0 saturated carbocycles. The van der Waals surface area contributed by atoms with E-state index in [1.807, 2.05) is 0 Å². The van der Waals surface area contributed by atoms with Crippen molar-refractivity contribution in [3.05, 3.63) is 59.7 Å². The zero-order valence-corrected chi connectivity index (χ0v) is 11.2. The molecule has 0 fully saturated rings. The molecular weight excluding hydrogens is 272 g/mol. The molecule has 0 aliphatic rings. The van der Waals surface area contributed by atoms with Crippen LogP contribution in [0.2, 0.25) is 0 Å². The van der Waals surface area contributed by atoms with Gasteiger partial charge in [0.05, 0.1) is 0 Å². The van der Waals surface area contributed by atoms with Crippen LogP contribution in [0.15, 0.2) is 48.5 Å². The van der Waals surface area contributed by atoms with Gasteiger partial charge in [0.15, 0.2) is 13.6 Å². The molecular formula is C16H14O5. The number of rotatable bonds is 8. The molecule has 5 heteroatoms. The van der Waals surface area contributed by atoms with Crippen LogP contribution in [0.25, 0.3) is 0 Å². The fourth-order valence-electron chi connectivity index (χ4n) is 1.54. The summed E-state index contributed by atoms with van der Waals surface area (Å²) in [6, 6.07) is 13.4. The average Bonchev–Trinajstić information content (AvgIpc) is 2.55. The highest BCUT2D eigenvalue weighted by Gasteiger charge is 1.96. The predicted molar refractivity (Wildman–Crippen MR) is 75.7 cm³/mol. The van der Waals surface area contributed by atoms with E-state index in [1.165, 1.54) is 0 Å². The molecule has 0 bridgehead atoms. The molecule has 0 N–H and O–H groups in total. The molecule has 0 amide bonds. The van der Waals surface area contributed by atoms with E-state index in [9.17, 15) is 9.59 Å². The van der Waals surface area contributed by atoms with Crippen molar-refractivity contribution in [2.45, 2.75) is 0 Å². The Morgan fingerprint density at radius 2 is 1.05 bits per heavy atom. The number of carbonyl (C=O) groups is 2. The Balaban J connectivity index is 1.66. The van der Waals surface area contributed by atoms with E-state index in [1.54, 1.807) is 48.5 Å². The van der Waals surface area contributed by atoms with Gasteiger partial charge >= 0.3 is 0 Å². The van der Waals surface area contributed by atoms with Gasteiger partial charge in [-0.3, -0.25) is 9.59 Å². The minimum atomic E-state index is 0.0346. The van der Waals surface area contributed by atoms with Gasteiger partial charge in [-0.15, -0.1) is 0 Å². The van der Waals surface area contributed by atoms with Crippen LogP contribution in [0.5, 0.6) is 11.5 Å². The van der Waals surface area contributed by atoms with Crippen molar-refractivity contribution in [3.63, 3.8) is 0 Å². The van der Waals surface area contributed by atoms with Gasteiger partial charge in [-0.25, -0.2) is 0 Å². The Morgan fingerprint density at radius 3 is 1.38 bits per heavy atom. The van der Waals surface area contributed by atoms with Crippen LogP contribution in [0.1, 0.15) is 20.7 Å². The smallest absolute Gasteiger partial charge is 0.192 e. The molecule has 0 unspecified atom stereocenters. The second-order valence-electron chi connectivity index (χ2n) is 4.10. The number of hydrogen-bond acceptors (Lipinski definition) is 5. The number of ether oxygens (including phenoxy) is 3. The summed E-state index contributed by atoms with van der Waals surface area (Å²) in [5.74, 6) is 1.21. The van der Waals surface area contributed by atoms with E-state index >= 15 is 0 Å². The Hall–Kier alpha value is -2.66. The first kappa shape index (κ1) is 14.7. The van der Waals surface area contributed by atoms with Crippen molar-refractivity contribution in [3.8, 4) is 11.5 Å². The molecule has 2 rings (SSSR count). The maximum absolute atomic E-state index is 10.5. The Kier molecular flexibility index (Phi) is 5.49. The van der Waals surface area contributed by atoms with Crippen LogP contribution in [-0.4, -0.2) is 26.2 Å². The molecule has 0 aliphatic carbocycles. The summed E-state index contributed by atoms with van der Waals surface area (Å²) in [6.45, 7) is 0.0692. The summed E-state index contributed by atoms with van der Waals surface area (Å²) in [7, 11) is 0. The van der Waals surface area contributed by atoms with Crippen molar-refractivity contribution in [1.82, 2.24) is 0 Å². The SMILES string of the molecule is O=Cc1ccc(OCOCOc2ccc(C=O)cc2)cc1. The number of aldehydes is 2. The summed E-state index contributed by atoms with van der Waals surface area (Å²) in [5.41, 5.74) is 1.18. The molecule has 0 aromatic heterocycles. The molecule has 0 atom stereocenters. The molecule has 21 heavy (non-hydrogen) atoms. The molecule has 2 aromatic carbocycles. The van der Waals surface area contributed by atoms with Crippen molar-refractivity contribution in [2.75, 3.05) is 13.6 Å². The first-order valence-corrected chi connectivity index (χ1v) is 6.25. The largest absolute Gasteiger partial charge is 0.467 e. The molecule has 0 spiro atoms. The Bertz CT molecular complexity index is 521. The summed E-state index contributed by atoms with van der Waals surface area (Å²) in [6.07, 6.45) is 1.54. The van der Waals surface area contributed by atoms with Gasteiger partial charge in [0.2, 0.25) is 0 Å². The van der Waals surface area contributed by atoms with Crippen molar-refractivity contribution in [2.24, 2.45) is 0 Å². The van der Waals surface area contributed by atoms with E-state index in [4.69, 9.17) is 14.2 Å². The predicted octanol–water partition coefficient (Wildman–Crippen LogP) is 2.70. The summed E-state index contributed by atoms with van der Waals surface area (Å²) in [5, 5.41) is 0. The molecule has 5 nitrogen and oxygen atoms in total. The lowest BCUT2D eigenvalue weighted by Gasteiger charge is -2.09. The quantitative estimate of drug-likeness (QED) is 0.424. The second kappa shape index (κ2) is 7.81. The molecule has 108 valence electrons. The van der Waals surface area contributed by atoms with Crippen LogP contribution < -0.4 is 9.47 Å². The monoisotopic (exact) mass is 286 g/mol. The van der Waals surface area contributed by atoms with Crippen LogP contribution in [0, 0.1) is 0 Å². The molecule has 0 aliphatic heterocycles. The van der Waals surface area contributed by atoms with Gasteiger partial charge in [0.1, 0.15) is 24.1 Å². The van der Waals surface area contributed by atoms with Crippen molar-refractivity contribution < 1.29 is 23.8 Å². The Labute approximate surface area is 122 Å². The van der Waals surface area contributed by atoms with E-state index in [0.29, 0.717) is 22.6 Å². The minimum absolute atomic E-state index is 0.0346. The topological polar surface area (TPSA) is 61.8 Å². The fourth-order valence-corrected chi connectivity index (χ4v) is 1.54. The Morgan fingerprint density at radius 1 is 0.667 bits per heavy atom. The van der Waals surface area contributed by atoms with Crippen molar-refractivity contribution in [1.29, 1.82) is 0 Å². The lowest BCUT2D eigenvalue weighted by Crippen LogP contribution is -2.08.